The molecule has 0 radical (unpaired) electrons. The molecular weight excluding hydrogens is 1120 g/mol. The summed E-state index contributed by atoms with van der Waals surface area (Å²) in [4.78, 5) is 52.9. The fraction of sp³-hybridized carbons (Fsp3) is 0.697. The lowest BCUT2D eigenvalue weighted by atomic mass is 9.43. The van der Waals surface area contributed by atoms with Gasteiger partial charge in [-0.3, -0.25) is 19.4 Å². The van der Waals surface area contributed by atoms with Crippen molar-refractivity contribution in [2.75, 3.05) is 37.9 Å². The lowest BCUT2D eigenvalue weighted by Gasteiger charge is -2.63. The molecule has 2 aliphatic heterocycles. The summed E-state index contributed by atoms with van der Waals surface area (Å²) in [5.41, 5.74) is 9.10. The third kappa shape index (κ3) is 10.2. The number of allylic oxidation sites excluding steroid dienone is 3. The van der Waals surface area contributed by atoms with E-state index in [1.807, 2.05) is 25.4 Å². The number of carbonyl (C=O) groups excluding carboxylic acids is 3. The average molecular weight is 1210 g/mol. The summed E-state index contributed by atoms with van der Waals surface area (Å²) >= 11 is 0. The first-order chi connectivity index (χ1) is 40.6. The number of aliphatic hydroxyl groups is 7. The first kappa shape index (κ1) is 60.9. The Morgan fingerprint density at radius 1 is 0.906 bits per heavy atom. The number of aromatic nitrogens is 1. The number of ether oxygens (including phenoxy) is 1. The number of phenolic OH excluding ortho intramolecular Hbond substituents is 1. The van der Waals surface area contributed by atoms with Crippen molar-refractivity contribution in [3.63, 3.8) is 0 Å². The summed E-state index contributed by atoms with van der Waals surface area (Å²) < 4.78 is 6.04. The van der Waals surface area contributed by atoms with Crippen LogP contribution in [0.25, 0.3) is 0 Å². The summed E-state index contributed by atoms with van der Waals surface area (Å²) in [7, 11) is 2.96. The highest BCUT2D eigenvalue weighted by Gasteiger charge is 2.75. The third-order valence-corrected chi connectivity index (χ3v) is 26.5. The number of phenols is 1. The molecule has 0 unspecified atom stereocenters. The number of Topliss-reactive ketones (excluding diaryl/α,β-unsaturated/α-hetero) is 2. The number of nitrogens with one attached hydrogen (secondary N) is 2. The van der Waals surface area contributed by atoms with Gasteiger partial charge in [0.15, 0.2) is 17.5 Å². The normalized spacial score (nSPS) is 45.3. The lowest BCUT2D eigenvalue weighted by molar-refractivity contribution is -0.195. The fourth-order valence-electron chi connectivity index (χ4n) is 20.4. The number of rotatable bonds is 8. The van der Waals surface area contributed by atoms with E-state index in [0.29, 0.717) is 23.7 Å². The van der Waals surface area contributed by atoms with Crippen LogP contribution >= 0.6 is 21.6 Å². The summed E-state index contributed by atoms with van der Waals surface area (Å²) in [6.45, 7) is 5.18. The van der Waals surface area contributed by atoms with E-state index in [9.17, 15) is 50.4 Å². The van der Waals surface area contributed by atoms with Crippen LogP contribution < -0.4 is 16.8 Å². The molecule has 85 heavy (non-hydrogen) atoms. The zero-order valence-corrected chi connectivity index (χ0v) is 50.9. The van der Waals surface area contributed by atoms with Gasteiger partial charge in [-0.15, -0.1) is 5.92 Å². The molecular formula is C66H89N5O12S2. The Morgan fingerprint density at radius 3 is 2.41 bits per heavy atom. The van der Waals surface area contributed by atoms with Gasteiger partial charge in [-0.05, 0) is 171 Å². The summed E-state index contributed by atoms with van der Waals surface area (Å²) in [6.07, 6.45) is 7.78. The van der Waals surface area contributed by atoms with Crippen molar-refractivity contribution in [2.45, 2.75) is 152 Å². The molecule has 7 fully saturated rings. The number of aromatic amines is 1. The van der Waals surface area contributed by atoms with Gasteiger partial charge in [0.2, 0.25) is 0 Å². The van der Waals surface area contributed by atoms with E-state index in [2.05, 4.69) is 40.1 Å². The molecule has 17 nitrogen and oxygen atoms in total. The number of hydrogen-bond acceptors (Lipinski definition) is 16. The summed E-state index contributed by atoms with van der Waals surface area (Å²) in [5, 5.41) is 103. The predicted octanol–water partition coefficient (Wildman–Crippen LogP) is 5.46. The zero-order chi connectivity index (χ0) is 60.1. The number of aromatic hydroxyl groups is 1. The number of fused-ring (bicyclic) bond motifs is 8. The Hall–Kier alpha value is -4.36. The molecule has 24 atom stereocenters. The van der Waals surface area contributed by atoms with Gasteiger partial charge in [0.05, 0.1) is 54.3 Å². The Bertz CT molecular complexity index is 3010. The van der Waals surface area contributed by atoms with Crippen molar-refractivity contribution in [2.24, 2.45) is 110 Å². The average Bonchev–Trinajstić information content (AvgIpc) is 1.81. The van der Waals surface area contributed by atoms with E-state index in [-0.39, 0.29) is 147 Å². The van der Waals surface area contributed by atoms with Crippen LogP contribution in [-0.2, 0) is 19.1 Å². The van der Waals surface area contributed by atoms with Crippen LogP contribution in [0.5, 0.6) is 5.75 Å². The van der Waals surface area contributed by atoms with Crippen LogP contribution in [0.2, 0.25) is 0 Å². The molecule has 2 aromatic rings. The molecule has 8 aliphatic carbocycles. The zero-order valence-electron chi connectivity index (χ0n) is 49.2. The Balaban J connectivity index is 1.04. The standard InChI is InChI=1S/C66H89N5O12S2/c1-33-7-8-35-22-36-11-14-43-42(45-30-83-61(80)53(45)38-16-19-69-27-38)6-4-5-37-25-66(82)56-47(15-17-65(66,18-20-70-62(67)68)60(37)64(3,81)51(77)24-39(28-72)52(36)54(43)44(35)21-33)63(2)26-50(76)58(78)46-32-85-84-31-40(34-9-12-41(74)13-10-34)23-49(75)48(29-73)71-57(56)59(79)55(46)63/h9-10,12-13,16,19,22,27,33,36-37,39-40,42-48,50-55,58,60,69,71-74,76-78,81-82H,5,7-8,11,14-15,17-18,20-21,23-26,28-32H2,1-3H3,(H4,67,68,70)/t33-,36+,37+,39-,40-,42+,43+,44-,45-,46-,47-,48-,50-,51+,52-,53-,54-,55-,58+,60+,63+,64-,65-,66+/m0/s1. The van der Waals surface area contributed by atoms with Crippen molar-refractivity contribution in [3.05, 3.63) is 76.8 Å². The van der Waals surface area contributed by atoms with Crippen molar-refractivity contribution in [1.82, 2.24) is 10.3 Å². The van der Waals surface area contributed by atoms with Gasteiger partial charge in [0, 0.05) is 90.8 Å². The molecule has 1 aromatic heterocycles. The van der Waals surface area contributed by atoms with E-state index in [4.69, 9.17) is 16.2 Å². The smallest absolute Gasteiger partial charge is 0.313 e. The summed E-state index contributed by atoms with van der Waals surface area (Å²) in [6, 6.07) is 7.26. The molecule has 0 amide bonds. The van der Waals surface area contributed by atoms with E-state index >= 15 is 4.79 Å². The minimum absolute atomic E-state index is 0.00226. The second-order valence-corrected chi connectivity index (χ2v) is 30.8. The number of carbonyl (C=O) groups is 3. The van der Waals surface area contributed by atoms with Crippen molar-refractivity contribution in [1.29, 1.82) is 0 Å². The molecule has 6 bridgehead atoms. The number of hydrogen-bond donors (Lipinski definition) is 12. The largest absolute Gasteiger partial charge is 0.508 e. The number of esters is 1. The van der Waals surface area contributed by atoms with Gasteiger partial charge in [0.1, 0.15) is 11.8 Å². The number of aliphatic imine (C=N–C) groups is 1. The van der Waals surface area contributed by atoms with E-state index in [1.54, 1.807) is 31.2 Å². The molecule has 10 aliphatic rings. The van der Waals surface area contributed by atoms with E-state index in [1.165, 1.54) is 27.2 Å². The van der Waals surface area contributed by atoms with Crippen LogP contribution in [0.4, 0.5) is 0 Å². The molecule has 462 valence electrons. The van der Waals surface area contributed by atoms with Gasteiger partial charge in [0.25, 0.3) is 0 Å². The van der Waals surface area contributed by atoms with Crippen molar-refractivity contribution < 1.29 is 60.0 Å². The maximum absolute atomic E-state index is 16.2. The highest BCUT2D eigenvalue weighted by Crippen LogP contribution is 2.73. The van der Waals surface area contributed by atoms with Crippen LogP contribution in [0.1, 0.15) is 127 Å². The SMILES string of the molecule is C[C@H]1CCC2=C[C@H]3CC[C@@H]4[C@H]([C@@H]5COC(=O)[C@H]5c5cc[nH]c5)C#CC[C@@H]5C[C@@]6(O)C7=C8N[C@@H](CO)C(=O)C[C@H](c9ccc(O)cc9)CSSC[C@@H]9[C@@H](O)[C@@H](O)C[C@@](C)([C@@H]9C8=O)[C@H]7CC[C@]6(CCN=C(N)N)[C@H]5[C@@](C)(O)[C@H](O)C[C@@H](CO)[C@H]3[C@@H]4[C@H]2C1. The van der Waals surface area contributed by atoms with Crippen LogP contribution in [-0.4, -0.2) is 143 Å². The van der Waals surface area contributed by atoms with E-state index < -0.39 is 100 Å². The minimum Gasteiger partial charge on any atom is -0.508 e. The first-order valence-electron chi connectivity index (χ1n) is 31.5. The fourth-order valence-corrected chi connectivity index (χ4v) is 23.2. The highest BCUT2D eigenvalue weighted by molar-refractivity contribution is 8.76. The molecule has 19 heteroatoms. The second-order valence-electron chi connectivity index (χ2n) is 28.3. The number of ketones is 2. The maximum atomic E-state index is 16.2. The maximum Gasteiger partial charge on any atom is 0.313 e. The molecule has 12 rings (SSSR count). The number of guanidine groups is 1. The Kier molecular flexibility index (Phi) is 16.9. The van der Waals surface area contributed by atoms with E-state index in [0.717, 1.165) is 43.2 Å². The molecule has 3 heterocycles. The lowest BCUT2D eigenvalue weighted by Crippen LogP contribution is -2.67. The number of benzene rings is 1. The quantitative estimate of drug-likeness (QED) is 0.0390. The van der Waals surface area contributed by atoms with Gasteiger partial charge < -0.3 is 67.4 Å². The summed E-state index contributed by atoms with van der Waals surface area (Å²) in [5.74, 6) is 1.90. The van der Waals surface area contributed by atoms with Gasteiger partial charge in [-0.2, -0.15) is 0 Å². The number of nitrogens with zero attached hydrogens (tertiary/aromatic N) is 1. The molecule has 2 saturated heterocycles. The number of cyclic esters (lactones) is 1. The third-order valence-electron chi connectivity index (χ3n) is 24.0. The number of aliphatic hydroxyl groups excluding tert-OH is 5. The molecule has 1 aromatic carbocycles. The first-order valence-corrected chi connectivity index (χ1v) is 34.0. The predicted molar refractivity (Wildman–Crippen MR) is 324 cm³/mol. The van der Waals surface area contributed by atoms with Gasteiger partial charge in [-0.1, -0.05) is 65.1 Å². The topological polar surface area (TPSA) is 315 Å². The molecule has 5 saturated carbocycles. The minimum atomic E-state index is -2.02. The number of nitrogens with two attached hydrogens (primary N) is 2. The molecule has 0 spiro atoms. The Labute approximate surface area is 506 Å². The second kappa shape index (κ2) is 23.5. The van der Waals surface area contributed by atoms with Gasteiger partial charge >= 0.3 is 5.97 Å². The monoisotopic (exact) mass is 1210 g/mol. The molecule has 14 N–H and O–H groups in total. The Morgan fingerprint density at radius 2 is 1.68 bits per heavy atom. The van der Waals surface area contributed by atoms with Gasteiger partial charge in [-0.25, -0.2) is 0 Å². The van der Waals surface area contributed by atoms with Crippen LogP contribution in [0.3, 0.4) is 0 Å². The van der Waals surface area contributed by atoms with Crippen molar-refractivity contribution >= 4 is 45.1 Å². The van der Waals surface area contributed by atoms with Crippen LogP contribution in [0.15, 0.2) is 70.6 Å². The highest BCUT2D eigenvalue weighted by atomic mass is 33.1. The number of H-pyrrole nitrogens is 1. The van der Waals surface area contributed by atoms with Crippen molar-refractivity contribution in [3.8, 4) is 17.6 Å². The van der Waals surface area contributed by atoms with Crippen LogP contribution in [0, 0.1) is 106 Å².